The summed E-state index contributed by atoms with van der Waals surface area (Å²) in [7, 11) is 0. The Balaban J connectivity index is 3.18. The summed E-state index contributed by atoms with van der Waals surface area (Å²) >= 11 is 0. The van der Waals surface area contributed by atoms with Gasteiger partial charge in [-0.2, -0.15) is 13.2 Å². The molecule has 1 N–H and O–H groups in total. The zero-order valence-electron chi connectivity index (χ0n) is 9.10. The van der Waals surface area contributed by atoms with Gasteiger partial charge in [0, 0.05) is 0 Å². The first kappa shape index (κ1) is 12.6. The summed E-state index contributed by atoms with van der Waals surface area (Å²) in [4.78, 5) is 0. The molecule has 0 aromatic heterocycles. The van der Waals surface area contributed by atoms with E-state index in [2.05, 4.69) is 6.58 Å². The maximum atomic E-state index is 12.4. The highest BCUT2D eigenvalue weighted by Crippen LogP contribution is 2.35. The van der Waals surface area contributed by atoms with E-state index >= 15 is 0 Å². The molecule has 0 radical (unpaired) electrons. The van der Waals surface area contributed by atoms with Crippen molar-refractivity contribution in [3.63, 3.8) is 0 Å². The molecule has 1 rings (SSSR count). The molecule has 0 aliphatic carbocycles. The second-order valence-electron chi connectivity index (χ2n) is 3.90. The normalized spacial score (nSPS) is 11.9. The van der Waals surface area contributed by atoms with Crippen LogP contribution in [-0.4, -0.2) is 11.3 Å². The van der Waals surface area contributed by atoms with Crippen LogP contribution in [0.5, 0.6) is 5.75 Å². The van der Waals surface area contributed by atoms with Gasteiger partial charge in [-0.15, -0.1) is 0 Å². The van der Waals surface area contributed by atoms with E-state index in [0.29, 0.717) is 5.56 Å². The maximum absolute atomic E-state index is 12.4. The van der Waals surface area contributed by atoms with Gasteiger partial charge in [0.15, 0.2) is 0 Å². The largest absolute Gasteiger partial charge is 0.508 e. The maximum Gasteiger partial charge on any atom is 0.416 e. The van der Waals surface area contributed by atoms with Gasteiger partial charge in [0.1, 0.15) is 5.75 Å². The molecule has 88 valence electrons. The molecule has 0 atom stereocenters. The van der Waals surface area contributed by atoms with Crippen LogP contribution < -0.4 is 0 Å². The van der Waals surface area contributed by atoms with Crippen molar-refractivity contribution in [2.75, 3.05) is 0 Å². The molecule has 0 fully saturated rings. The molecule has 0 aliphatic heterocycles. The van der Waals surface area contributed by atoms with Crippen LogP contribution in [0.3, 0.4) is 0 Å². The second-order valence-corrected chi connectivity index (χ2v) is 3.90. The van der Waals surface area contributed by atoms with Gasteiger partial charge in [-0.25, -0.2) is 0 Å². The lowest BCUT2D eigenvalue weighted by molar-refractivity contribution is -0.0686. The Kier molecular flexibility index (Phi) is 3.31. The smallest absolute Gasteiger partial charge is 0.416 e. The first-order valence-electron chi connectivity index (χ1n) is 4.83. The molecule has 4 heteroatoms. The number of rotatable bonds is 2. The first-order valence-corrected chi connectivity index (χ1v) is 4.83. The Bertz CT molecular complexity index is 405. The molecule has 0 bridgehead atoms. The van der Waals surface area contributed by atoms with Gasteiger partial charge in [0.05, 0.1) is 5.57 Å². The highest BCUT2D eigenvalue weighted by atomic mass is 19.4. The second kappa shape index (κ2) is 4.20. The van der Waals surface area contributed by atoms with Gasteiger partial charge in [-0.3, -0.25) is 0 Å². The van der Waals surface area contributed by atoms with Gasteiger partial charge in [-0.05, 0) is 29.2 Å². The van der Waals surface area contributed by atoms with Crippen LogP contribution in [0.2, 0.25) is 0 Å². The van der Waals surface area contributed by atoms with Crippen LogP contribution in [-0.2, 0) is 0 Å². The van der Waals surface area contributed by atoms with Crippen LogP contribution in [0, 0.1) is 0 Å². The van der Waals surface area contributed by atoms with Crippen molar-refractivity contribution in [3.05, 3.63) is 35.9 Å². The van der Waals surface area contributed by atoms with Gasteiger partial charge in [-0.1, -0.05) is 26.5 Å². The number of phenols is 1. The summed E-state index contributed by atoms with van der Waals surface area (Å²) < 4.78 is 37.2. The number of phenolic OH excluding ortho intramolecular Hbond substituents is 1. The van der Waals surface area contributed by atoms with E-state index in [1.807, 2.05) is 0 Å². The van der Waals surface area contributed by atoms with E-state index in [0.717, 1.165) is 0 Å². The van der Waals surface area contributed by atoms with Crippen molar-refractivity contribution in [2.45, 2.75) is 25.9 Å². The Morgan fingerprint density at radius 2 is 1.88 bits per heavy atom. The van der Waals surface area contributed by atoms with E-state index in [1.54, 1.807) is 13.8 Å². The average Bonchev–Trinajstić information content (AvgIpc) is 2.15. The Hall–Kier alpha value is -1.45. The molecule has 0 heterocycles. The summed E-state index contributed by atoms with van der Waals surface area (Å²) in [6, 6.07) is 3.81. The van der Waals surface area contributed by atoms with E-state index in [9.17, 15) is 18.3 Å². The number of alkyl halides is 3. The summed E-state index contributed by atoms with van der Waals surface area (Å²) in [5, 5.41) is 9.48. The van der Waals surface area contributed by atoms with E-state index in [-0.39, 0.29) is 17.2 Å². The van der Waals surface area contributed by atoms with Crippen LogP contribution in [0.15, 0.2) is 24.8 Å². The van der Waals surface area contributed by atoms with Crippen LogP contribution >= 0.6 is 0 Å². The lowest BCUT2D eigenvalue weighted by Crippen LogP contribution is -2.09. The predicted octanol–water partition coefficient (Wildman–Crippen LogP) is 4.09. The first-order chi connectivity index (χ1) is 7.23. The minimum atomic E-state index is -4.44. The predicted molar refractivity (Wildman–Crippen MR) is 57.3 cm³/mol. The molecule has 1 nitrogen and oxygen atoms in total. The van der Waals surface area contributed by atoms with Crippen molar-refractivity contribution in [3.8, 4) is 5.75 Å². The molecule has 0 aliphatic rings. The number of allylic oxidation sites excluding steroid dienone is 1. The average molecular weight is 230 g/mol. The highest BCUT2D eigenvalue weighted by Gasteiger charge is 2.33. The molecule has 0 saturated heterocycles. The van der Waals surface area contributed by atoms with Crippen molar-refractivity contribution in [1.82, 2.24) is 0 Å². The molecule has 1 aromatic carbocycles. The number of aromatic hydroxyl groups is 1. The van der Waals surface area contributed by atoms with Crippen molar-refractivity contribution < 1.29 is 18.3 Å². The molecular weight excluding hydrogens is 217 g/mol. The summed E-state index contributed by atoms with van der Waals surface area (Å²) in [5.74, 6) is -0.0327. The SMILES string of the molecule is C=C(c1ccc(O)c(C(C)C)c1)C(F)(F)F. The van der Waals surface area contributed by atoms with Gasteiger partial charge in [0.25, 0.3) is 0 Å². The Labute approximate surface area is 92.2 Å². The zero-order valence-corrected chi connectivity index (χ0v) is 9.10. The topological polar surface area (TPSA) is 20.2 Å². The summed E-state index contributed by atoms with van der Waals surface area (Å²) in [6.07, 6.45) is -4.44. The third-order valence-electron chi connectivity index (χ3n) is 2.34. The standard InChI is InChI=1S/C12H13F3O/c1-7(2)10-6-9(4-5-11(10)16)8(3)12(13,14)15/h4-7,16H,3H2,1-2H3. The fourth-order valence-corrected chi connectivity index (χ4v) is 1.37. The summed E-state index contributed by atoms with van der Waals surface area (Å²) in [5.41, 5.74) is -0.411. The van der Waals surface area contributed by atoms with Crippen LogP contribution in [0.1, 0.15) is 30.9 Å². The summed E-state index contributed by atoms with van der Waals surface area (Å²) in [6.45, 7) is 6.62. The van der Waals surface area contributed by atoms with Crippen molar-refractivity contribution in [1.29, 1.82) is 0 Å². The van der Waals surface area contributed by atoms with Crippen LogP contribution in [0.25, 0.3) is 5.57 Å². The lowest BCUT2D eigenvalue weighted by Gasteiger charge is -2.14. The number of hydrogen-bond acceptors (Lipinski definition) is 1. The minimum absolute atomic E-state index is 0.00556. The number of hydrogen-bond donors (Lipinski definition) is 1. The number of halogens is 3. The molecule has 0 unspecified atom stereocenters. The molecule has 0 saturated carbocycles. The van der Waals surface area contributed by atoms with E-state index in [1.165, 1.54) is 18.2 Å². The van der Waals surface area contributed by atoms with Crippen LogP contribution in [0.4, 0.5) is 13.2 Å². The highest BCUT2D eigenvalue weighted by molar-refractivity contribution is 5.68. The minimum Gasteiger partial charge on any atom is -0.508 e. The van der Waals surface area contributed by atoms with E-state index in [4.69, 9.17) is 0 Å². The van der Waals surface area contributed by atoms with Gasteiger partial charge < -0.3 is 5.11 Å². The number of benzene rings is 1. The molecule has 0 amide bonds. The van der Waals surface area contributed by atoms with Gasteiger partial charge >= 0.3 is 6.18 Å². The fraction of sp³-hybridized carbons (Fsp3) is 0.333. The fourth-order valence-electron chi connectivity index (χ4n) is 1.37. The molecule has 16 heavy (non-hydrogen) atoms. The van der Waals surface area contributed by atoms with Crippen molar-refractivity contribution in [2.24, 2.45) is 0 Å². The van der Waals surface area contributed by atoms with E-state index < -0.39 is 11.7 Å². The quantitative estimate of drug-likeness (QED) is 0.811. The lowest BCUT2D eigenvalue weighted by atomic mass is 9.97. The van der Waals surface area contributed by atoms with Gasteiger partial charge in [0.2, 0.25) is 0 Å². The van der Waals surface area contributed by atoms with Crippen molar-refractivity contribution >= 4 is 5.57 Å². The monoisotopic (exact) mass is 230 g/mol. The molecular formula is C12H13F3O. The zero-order chi connectivity index (χ0) is 12.5. The Morgan fingerprint density at radius 3 is 2.31 bits per heavy atom. The molecule has 1 aromatic rings. The molecule has 0 spiro atoms. The Morgan fingerprint density at radius 1 is 1.31 bits per heavy atom. The third kappa shape index (κ3) is 2.56. The third-order valence-corrected chi connectivity index (χ3v) is 2.34.